The van der Waals surface area contributed by atoms with Crippen molar-refractivity contribution in [2.75, 3.05) is 17.3 Å². The Morgan fingerprint density at radius 3 is 3.00 bits per heavy atom. The van der Waals surface area contributed by atoms with E-state index >= 15 is 0 Å². The molecule has 3 N–H and O–H groups in total. The first-order valence-electron chi connectivity index (χ1n) is 6.45. The lowest BCUT2D eigenvalue weighted by molar-refractivity contribution is -0.116. The molecular formula is C15H16N4O. The topological polar surface area (TPSA) is 71.2 Å². The summed E-state index contributed by atoms with van der Waals surface area (Å²) in [6, 6.07) is 9.25. The average Bonchev–Trinajstić information content (AvgIpc) is 2.74. The molecule has 1 amide bonds. The standard InChI is InChI=1S/C15H16N4O/c1-19(9-10-3-2-6-17-8-10)11-4-5-12-13(7-11)18-15(20)14(12)16/h2-8,14H,9,16H2,1H3,(H,18,20). The Kier molecular flexibility index (Phi) is 3.12. The number of anilines is 2. The number of pyridine rings is 1. The van der Waals surface area contributed by atoms with E-state index in [0.717, 1.165) is 29.0 Å². The molecule has 0 fully saturated rings. The molecule has 1 aromatic carbocycles. The zero-order valence-corrected chi connectivity index (χ0v) is 11.2. The lowest BCUT2D eigenvalue weighted by Gasteiger charge is -2.20. The summed E-state index contributed by atoms with van der Waals surface area (Å²) in [4.78, 5) is 17.8. The third-order valence-electron chi connectivity index (χ3n) is 3.50. The maximum atomic E-state index is 11.5. The van der Waals surface area contributed by atoms with Crippen LogP contribution in [0.4, 0.5) is 11.4 Å². The van der Waals surface area contributed by atoms with E-state index in [2.05, 4.69) is 15.2 Å². The highest BCUT2D eigenvalue weighted by atomic mass is 16.2. The molecule has 0 radical (unpaired) electrons. The van der Waals surface area contributed by atoms with Crippen LogP contribution in [-0.2, 0) is 11.3 Å². The third-order valence-corrected chi connectivity index (χ3v) is 3.50. The van der Waals surface area contributed by atoms with Gasteiger partial charge >= 0.3 is 0 Å². The molecule has 0 bridgehead atoms. The fraction of sp³-hybridized carbons (Fsp3) is 0.200. The Hall–Kier alpha value is -2.40. The van der Waals surface area contributed by atoms with Crippen molar-refractivity contribution in [1.82, 2.24) is 4.98 Å². The van der Waals surface area contributed by atoms with Gasteiger partial charge in [-0.1, -0.05) is 12.1 Å². The fourth-order valence-electron chi connectivity index (χ4n) is 2.37. The Morgan fingerprint density at radius 2 is 2.25 bits per heavy atom. The van der Waals surface area contributed by atoms with Crippen LogP contribution in [0.25, 0.3) is 0 Å². The van der Waals surface area contributed by atoms with Crippen LogP contribution in [0.2, 0.25) is 0 Å². The van der Waals surface area contributed by atoms with Gasteiger partial charge in [-0.15, -0.1) is 0 Å². The molecule has 1 atom stereocenters. The molecule has 102 valence electrons. The van der Waals surface area contributed by atoms with Crippen LogP contribution in [0.1, 0.15) is 17.2 Å². The second-order valence-corrected chi connectivity index (χ2v) is 4.96. The molecule has 1 aliphatic heterocycles. The van der Waals surface area contributed by atoms with Gasteiger partial charge < -0.3 is 16.0 Å². The maximum absolute atomic E-state index is 11.5. The van der Waals surface area contributed by atoms with Gasteiger partial charge in [-0.25, -0.2) is 0 Å². The molecule has 1 aliphatic rings. The summed E-state index contributed by atoms with van der Waals surface area (Å²) in [6.45, 7) is 0.757. The second-order valence-electron chi connectivity index (χ2n) is 4.96. The average molecular weight is 268 g/mol. The lowest BCUT2D eigenvalue weighted by atomic mass is 10.1. The van der Waals surface area contributed by atoms with Gasteiger partial charge in [0.25, 0.3) is 0 Å². The predicted octanol–water partition coefficient (Wildman–Crippen LogP) is 1.67. The molecule has 0 aliphatic carbocycles. The van der Waals surface area contributed by atoms with Crippen LogP contribution in [0.5, 0.6) is 0 Å². The minimum Gasteiger partial charge on any atom is -0.370 e. The largest absolute Gasteiger partial charge is 0.370 e. The SMILES string of the molecule is CN(Cc1cccnc1)c1ccc2c(c1)NC(=O)C2N. The summed E-state index contributed by atoms with van der Waals surface area (Å²) in [5.74, 6) is -0.146. The molecule has 3 rings (SSSR count). The summed E-state index contributed by atoms with van der Waals surface area (Å²) in [5, 5.41) is 2.80. The zero-order valence-electron chi connectivity index (χ0n) is 11.2. The molecule has 1 unspecified atom stereocenters. The number of fused-ring (bicyclic) bond motifs is 1. The first-order valence-corrected chi connectivity index (χ1v) is 6.45. The van der Waals surface area contributed by atoms with Gasteiger partial charge in [-0.05, 0) is 23.8 Å². The predicted molar refractivity (Wildman–Crippen MR) is 78.3 cm³/mol. The number of nitrogens with two attached hydrogens (primary N) is 1. The number of carbonyl (C=O) groups excluding carboxylic acids is 1. The minimum absolute atomic E-state index is 0.146. The summed E-state index contributed by atoms with van der Waals surface area (Å²) < 4.78 is 0. The molecule has 20 heavy (non-hydrogen) atoms. The second kappa shape index (κ2) is 4.94. The van der Waals surface area contributed by atoms with Crippen molar-refractivity contribution in [3.63, 3.8) is 0 Å². The number of amides is 1. The molecule has 2 aromatic rings. The van der Waals surface area contributed by atoms with E-state index in [9.17, 15) is 4.79 Å². The van der Waals surface area contributed by atoms with E-state index in [4.69, 9.17) is 5.73 Å². The highest BCUT2D eigenvalue weighted by Crippen LogP contribution is 2.32. The summed E-state index contributed by atoms with van der Waals surface area (Å²) in [6.07, 6.45) is 3.61. The Labute approximate surface area is 117 Å². The Balaban J connectivity index is 1.82. The summed E-state index contributed by atoms with van der Waals surface area (Å²) >= 11 is 0. The van der Waals surface area contributed by atoms with Crippen molar-refractivity contribution in [2.24, 2.45) is 5.73 Å². The van der Waals surface area contributed by atoms with Gasteiger partial charge in [-0.3, -0.25) is 9.78 Å². The van der Waals surface area contributed by atoms with Gasteiger partial charge in [0.15, 0.2) is 0 Å². The minimum atomic E-state index is -0.553. The summed E-state index contributed by atoms with van der Waals surface area (Å²) in [5.41, 5.74) is 9.63. The van der Waals surface area contributed by atoms with Crippen LogP contribution in [-0.4, -0.2) is 17.9 Å². The highest BCUT2D eigenvalue weighted by Gasteiger charge is 2.27. The van der Waals surface area contributed by atoms with Crippen molar-refractivity contribution >= 4 is 17.3 Å². The molecule has 2 heterocycles. The molecule has 0 saturated carbocycles. The number of aromatic nitrogens is 1. The maximum Gasteiger partial charge on any atom is 0.245 e. The van der Waals surface area contributed by atoms with Crippen LogP contribution in [0, 0.1) is 0 Å². The first-order chi connectivity index (χ1) is 9.65. The van der Waals surface area contributed by atoms with E-state index in [0.29, 0.717) is 0 Å². The van der Waals surface area contributed by atoms with Gasteiger partial charge in [0.05, 0.1) is 0 Å². The third kappa shape index (κ3) is 2.23. The van der Waals surface area contributed by atoms with E-state index in [1.165, 1.54) is 0 Å². The molecule has 0 saturated heterocycles. The van der Waals surface area contributed by atoms with Crippen molar-refractivity contribution in [2.45, 2.75) is 12.6 Å². The van der Waals surface area contributed by atoms with Gasteiger partial charge in [-0.2, -0.15) is 0 Å². The van der Waals surface area contributed by atoms with E-state index < -0.39 is 6.04 Å². The molecule has 0 spiro atoms. The quantitative estimate of drug-likeness (QED) is 0.888. The van der Waals surface area contributed by atoms with Crippen LogP contribution >= 0.6 is 0 Å². The van der Waals surface area contributed by atoms with Crippen LogP contribution in [0.3, 0.4) is 0 Å². The monoisotopic (exact) mass is 268 g/mol. The molecule has 5 nitrogen and oxygen atoms in total. The van der Waals surface area contributed by atoms with E-state index in [-0.39, 0.29) is 5.91 Å². The van der Waals surface area contributed by atoms with E-state index in [1.807, 2.05) is 43.6 Å². The number of hydrogen-bond donors (Lipinski definition) is 2. The normalized spacial score (nSPS) is 16.7. The van der Waals surface area contributed by atoms with Crippen molar-refractivity contribution in [1.29, 1.82) is 0 Å². The number of nitrogens with zero attached hydrogens (tertiary/aromatic N) is 2. The number of hydrogen-bond acceptors (Lipinski definition) is 4. The van der Waals surface area contributed by atoms with Gasteiger partial charge in [0, 0.05) is 42.9 Å². The Morgan fingerprint density at radius 1 is 1.40 bits per heavy atom. The van der Waals surface area contributed by atoms with Crippen LogP contribution < -0.4 is 16.0 Å². The summed E-state index contributed by atoms with van der Waals surface area (Å²) in [7, 11) is 2.01. The van der Waals surface area contributed by atoms with E-state index in [1.54, 1.807) is 6.20 Å². The highest BCUT2D eigenvalue weighted by molar-refractivity contribution is 6.02. The molecular weight excluding hydrogens is 252 g/mol. The fourth-order valence-corrected chi connectivity index (χ4v) is 2.37. The van der Waals surface area contributed by atoms with Crippen molar-refractivity contribution in [3.8, 4) is 0 Å². The van der Waals surface area contributed by atoms with Crippen LogP contribution in [0.15, 0.2) is 42.7 Å². The van der Waals surface area contributed by atoms with Crippen molar-refractivity contribution in [3.05, 3.63) is 53.9 Å². The number of benzene rings is 1. The zero-order chi connectivity index (χ0) is 14.1. The van der Waals surface area contributed by atoms with Gasteiger partial charge in [0.2, 0.25) is 5.91 Å². The van der Waals surface area contributed by atoms with Gasteiger partial charge in [0.1, 0.15) is 6.04 Å². The lowest BCUT2D eigenvalue weighted by Crippen LogP contribution is -2.19. The number of rotatable bonds is 3. The number of nitrogens with one attached hydrogen (secondary N) is 1. The Bertz CT molecular complexity index is 642. The molecule has 5 heteroatoms. The molecule has 1 aromatic heterocycles. The smallest absolute Gasteiger partial charge is 0.245 e. The number of carbonyl (C=O) groups is 1. The first kappa shape index (κ1) is 12.6. The van der Waals surface area contributed by atoms with Crippen molar-refractivity contribution < 1.29 is 4.79 Å².